The summed E-state index contributed by atoms with van der Waals surface area (Å²) < 4.78 is 5.21. The van der Waals surface area contributed by atoms with E-state index < -0.39 is 0 Å². The van der Waals surface area contributed by atoms with Gasteiger partial charge < -0.3 is 10.5 Å². The largest absolute Gasteiger partial charge is 0.380 e. The molecule has 0 amide bonds. The maximum atomic E-state index is 6.06. The fourth-order valence-electron chi connectivity index (χ4n) is 3.00. The third-order valence-electron chi connectivity index (χ3n) is 4.05. The van der Waals surface area contributed by atoms with Gasteiger partial charge in [0, 0.05) is 19.1 Å². The van der Waals surface area contributed by atoms with E-state index in [9.17, 15) is 0 Å². The van der Waals surface area contributed by atoms with E-state index >= 15 is 0 Å². The fourth-order valence-corrected chi connectivity index (χ4v) is 3.00. The number of rotatable bonds is 4. The fraction of sp³-hybridized carbons (Fsp3) is 0.600. The minimum Gasteiger partial charge on any atom is -0.380 e. The second-order valence-corrected chi connectivity index (χ2v) is 5.18. The molecule has 1 saturated carbocycles. The quantitative estimate of drug-likeness (QED) is 0.867. The lowest BCUT2D eigenvalue weighted by molar-refractivity contribution is 0.184. The van der Waals surface area contributed by atoms with E-state index in [4.69, 9.17) is 10.5 Å². The molecule has 0 aliphatic heterocycles. The Kier molecular flexibility index (Phi) is 4.19. The number of nitrogens with two attached hydrogens (primary N) is 1. The van der Waals surface area contributed by atoms with Crippen molar-refractivity contribution in [1.82, 2.24) is 0 Å². The van der Waals surface area contributed by atoms with Crippen LogP contribution in [0.1, 0.15) is 43.2 Å². The predicted molar refractivity (Wildman–Crippen MR) is 71.0 cm³/mol. The summed E-state index contributed by atoms with van der Waals surface area (Å²) in [5.74, 6) is 0. The third-order valence-corrected chi connectivity index (χ3v) is 4.05. The Balaban J connectivity index is 2.26. The minimum absolute atomic E-state index is 0.224. The van der Waals surface area contributed by atoms with Gasteiger partial charge >= 0.3 is 0 Å². The second-order valence-electron chi connectivity index (χ2n) is 5.18. The molecular weight excluding hydrogens is 210 g/mol. The van der Waals surface area contributed by atoms with Crippen LogP contribution in [0.2, 0.25) is 0 Å². The lowest BCUT2D eigenvalue weighted by Gasteiger charge is -2.37. The lowest BCUT2D eigenvalue weighted by Crippen LogP contribution is -2.37. The Morgan fingerprint density at radius 3 is 2.65 bits per heavy atom. The zero-order valence-corrected chi connectivity index (χ0v) is 10.7. The first-order valence-electron chi connectivity index (χ1n) is 6.59. The molecule has 2 N–H and O–H groups in total. The van der Waals surface area contributed by atoms with E-state index in [1.165, 1.54) is 43.2 Å². The van der Waals surface area contributed by atoms with Gasteiger partial charge in [0.25, 0.3) is 0 Å². The van der Waals surface area contributed by atoms with E-state index in [0.29, 0.717) is 6.61 Å². The van der Waals surface area contributed by atoms with Crippen molar-refractivity contribution in [2.24, 2.45) is 5.73 Å². The highest BCUT2D eigenvalue weighted by Gasteiger charge is 2.32. The normalized spacial score (nSPS) is 19.2. The number of ether oxygens (including phenoxy) is 1. The molecule has 0 aromatic heterocycles. The summed E-state index contributed by atoms with van der Waals surface area (Å²) in [4.78, 5) is 0. The molecule has 2 rings (SSSR count). The summed E-state index contributed by atoms with van der Waals surface area (Å²) in [5.41, 5.74) is 8.95. The van der Waals surface area contributed by atoms with Gasteiger partial charge in [-0.05, 0) is 24.0 Å². The van der Waals surface area contributed by atoms with Gasteiger partial charge in [0.05, 0.1) is 6.61 Å². The van der Waals surface area contributed by atoms with Crippen LogP contribution in [0.25, 0.3) is 0 Å². The topological polar surface area (TPSA) is 35.2 Å². The van der Waals surface area contributed by atoms with E-state index in [1.807, 2.05) is 0 Å². The molecule has 0 atom stereocenters. The van der Waals surface area contributed by atoms with Crippen LogP contribution in [0.15, 0.2) is 24.3 Å². The zero-order chi connectivity index (χ0) is 12.1. The molecule has 0 radical (unpaired) electrons. The molecule has 1 aliphatic rings. The van der Waals surface area contributed by atoms with Crippen molar-refractivity contribution in [2.75, 3.05) is 13.7 Å². The average molecular weight is 233 g/mol. The summed E-state index contributed by atoms with van der Waals surface area (Å²) in [6.45, 7) is 1.46. The number of methoxy groups -OCH3 is 1. The van der Waals surface area contributed by atoms with Crippen molar-refractivity contribution < 1.29 is 4.74 Å². The maximum absolute atomic E-state index is 6.06. The van der Waals surface area contributed by atoms with Gasteiger partial charge in [-0.25, -0.2) is 0 Å². The number of hydrogen-bond acceptors (Lipinski definition) is 2. The van der Waals surface area contributed by atoms with Crippen LogP contribution in [-0.2, 0) is 16.8 Å². The zero-order valence-electron chi connectivity index (χ0n) is 10.7. The molecule has 94 valence electrons. The van der Waals surface area contributed by atoms with Crippen LogP contribution in [0.5, 0.6) is 0 Å². The SMILES string of the molecule is COCc1cccc(C2(CN)CCCCC2)c1. The molecule has 17 heavy (non-hydrogen) atoms. The summed E-state index contributed by atoms with van der Waals surface area (Å²) in [6, 6.07) is 8.77. The smallest absolute Gasteiger partial charge is 0.0713 e. The highest BCUT2D eigenvalue weighted by Crippen LogP contribution is 2.38. The van der Waals surface area contributed by atoms with Crippen molar-refractivity contribution >= 4 is 0 Å². The molecule has 0 unspecified atom stereocenters. The Bertz CT molecular complexity index is 356. The Morgan fingerprint density at radius 2 is 2.00 bits per heavy atom. The second kappa shape index (κ2) is 5.65. The molecule has 2 heteroatoms. The Hall–Kier alpha value is -0.860. The van der Waals surface area contributed by atoms with Crippen LogP contribution in [0, 0.1) is 0 Å². The molecule has 1 fully saturated rings. The summed E-state index contributed by atoms with van der Waals surface area (Å²) in [7, 11) is 1.74. The molecule has 0 spiro atoms. The number of hydrogen-bond donors (Lipinski definition) is 1. The van der Waals surface area contributed by atoms with E-state index in [0.717, 1.165) is 6.54 Å². The van der Waals surface area contributed by atoms with Gasteiger partial charge in [-0.2, -0.15) is 0 Å². The summed E-state index contributed by atoms with van der Waals surface area (Å²) in [5, 5.41) is 0. The lowest BCUT2D eigenvalue weighted by atomic mass is 9.69. The highest BCUT2D eigenvalue weighted by atomic mass is 16.5. The van der Waals surface area contributed by atoms with E-state index in [-0.39, 0.29) is 5.41 Å². The molecule has 0 heterocycles. The first-order chi connectivity index (χ1) is 8.30. The summed E-state index contributed by atoms with van der Waals surface area (Å²) >= 11 is 0. The van der Waals surface area contributed by atoms with E-state index in [1.54, 1.807) is 7.11 Å². The molecule has 1 aliphatic carbocycles. The van der Waals surface area contributed by atoms with Crippen LogP contribution >= 0.6 is 0 Å². The average Bonchev–Trinajstić information content (AvgIpc) is 2.40. The van der Waals surface area contributed by atoms with Crippen LogP contribution in [0.3, 0.4) is 0 Å². The van der Waals surface area contributed by atoms with Gasteiger partial charge in [-0.3, -0.25) is 0 Å². The first-order valence-corrected chi connectivity index (χ1v) is 6.59. The van der Waals surface area contributed by atoms with Crippen molar-refractivity contribution in [1.29, 1.82) is 0 Å². The van der Waals surface area contributed by atoms with Gasteiger partial charge in [0.1, 0.15) is 0 Å². The monoisotopic (exact) mass is 233 g/mol. The van der Waals surface area contributed by atoms with Crippen molar-refractivity contribution in [3.63, 3.8) is 0 Å². The van der Waals surface area contributed by atoms with Crippen LogP contribution in [-0.4, -0.2) is 13.7 Å². The molecule has 1 aromatic carbocycles. The summed E-state index contributed by atoms with van der Waals surface area (Å²) in [6.07, 6.45) is 6.46. The third kappa shape index (κ3) is 2.70. The van der Waals surface area contributed by atoms with Gasteiger partial charge in [0.2, 0.25) is 0 Å². The van der Waals surface area contributed by atoms with Crippen molar-refractivity contribution in [3.05, 3.63) is 35.4 Å². The molecule has 0 saturated heterocycles. The highest BCUT2D eigenvalue weighted by molar-refractivity contribution is 5.31. The molecule has 0 bridgehead atoms. The molecule has 1 aromatic rings. The maximum Gasteiger partial charge on any atom is 0.0713 e. The van der Waals surface area contributed by atoms with Crippen molar-refractivity contribution in [2.45, 2.75) is 44.1 Å². The molecular formula is C15H23NO. The minimum atomic E-state index is 0.224. The predicted octanol–water partition coefficient (Wildman–Crippen LogP) is 2.99. The van der Waals surface area contributed by atoms with Gasteiger partial charge in [-0.15, -0.1) is 0 Å². The standard InChI is InChI=1S/C15H23NO/c1-17-11-13-6-5-7-14(10-13)15(12-16)8-3-2-4-9-15/h5-7,10H,2-4,8-9,11-12,16H2,1H3. The number of benzene rings is 1. The Labute approximate surface area is 104 Å². The van der Waals surface area contributed by atoms with Gasteiger partial charge in [0.15, 0.2) is 0 Å². The Morgan fingerprint density at radius 1 is 1.24 bits per heavy atom. The van der Waals surface area contributed by atoms with Crippen LogP contribution in [0.4, 0.5) is 0 Å². The van der Waals surface area contributed by atoms with E-state index in [2.05, 4.69) is 24.3 Å². The van der Waals surface area contributed by atoms with Crippen LogP contribution < -0.4 is 5.73 Å². The van der Waals surface area contributed by atoms with Gasteiger partial charge in [-0.1, -0.05) is 43.5 Å². The van der Waals surface area contributed by atoms with Crippen molar-refractivity contribution in [3.8, 4) is 0 Å². The molecule has 2 nitrogen and oxygen atoms in total. The first kappa shape index (κ1) is 12.6.